The largest absolute Gasteiger partial charge is 0.480 e. The molecule has 0 aromatic rings. The van der Waals surface area contributed by atoms with E-state index in [-0.39, 0.29) is 25.7 Å². The predicted molar refractivity (Wildman–Crippen MR) is 137 cm³/mol. The Morgan fingerprint density at radius 3 is 1.86 bits per heavy atom. The Bertz CT molecular complexity index is 723. The highest BCUT2D eigenvalue weighted by molar-refractivity contribution is 5.69. The molecule has 0 aromatic carbocycles. The van der Waals surface area contributed by atoms with Gasteiger partial charge in [0.1, 0.15) is 0 Å². The van der Waals surface area contributed by atoms with Gasteiger partial charge in [0.05, 0.1) is 19.6 Å². The second-order valence-electron chi connectivity index (χ2n) is 8.30. The van der Waals surface area contributed by atoms with Crippen molar-refractivity contribution in [3.63, 3.8) is 0 Å². The lowest BCUT2D eigenvalue weighted by Crippen LogP contribution is -2.46. The Hall–Kier alpha value is -2.69. The van der Waals surface area contributed by atoms with Crippen LogP contribution in [0.3, 0.4) is 0 Å². The maximum Gasteiger partial charge on any atom is 0.317 e. The zero-order chi connectivity index (χ0) is 26.6. The summed E-state index contributed by atoms with van der Waals surface area (Å²) in [5.74, 6) is -2.83. The molecular formula is C25H44N4O6. The third-order valence-electron chi connectivity index (χ3n) is 5.47. The second kappa shape index (κ2) is 19.6. The maximum atomic E-state index is 11.5. The number of carbonyl (C=O) groups is 3. The highest BCUT2D eigenvalue weighted by atomic mass is 16.4. The van der Waals surface area contributed by atoms with Gasteiger partial charge in [-0.1, -0.05) is 32.1 Å². The third-order valence-corrected chi connectivity index (χ3v) is 5.47. The second-order valence-corrected chi connectivity index (χ2v) is 8.30. The van der Waals surface area contributed by atoms with E-state index in [0.29, 0.717) is 39.1 Å². The average Bonchev–Trinajstić information content (AvgIpc) is 2.78. The molecule has 35 heavy (non-hydrogen) atoms. The van der Waals surface area contributed by atoms with Crippen molar-refractivity contribution in [1.82, 2.24) is 20.0 Å². The summed E-state index contributed by atoms with van der Waals surface area (Å²) in [5.41, 5.74) is 0.962. The number of carboxylic acids is 3. The van der Waals surface area contributed by atoms with Gasteiger partial charge in [-0.15, -0.1) is 0 Å². The number of aliphatic carboxylic acids is 3. The Labute approximate surface area is 209 Å². The molecule has 0 aliphatic rings. The Balaban J connectivity index is 5.27. The number of allylic oxidation sites excluding steroid dienone is 4. The zero-order valence-corrected chi connectivity index (χ0v) is 21.7. The molecule has 0 aromatic heterocycles. The third kappa shape index (κ3) is 16.6. The molecule has 200 valence electrons. The van der Waals surface area contributed by atoms with E-state index in [0.717, 1.165) is 18.5 Å². The highest BCUT2D eigenvalue weighted by Crippen LogP contribution is 2.11. The van der Waals surface area contributed by atoms with Crippen molar-refractivity contribution in [3.05, 3.63) is 36.1 Å². The molecule has 0 amide bonds. The number of carboxylic acid groups (broad SMARTS) is 3. The predicted octanol–water partition coefficient (Wildman–Crippen LogP) is 1.96. The molecule has 10 heteroatoms. The highest BCUT2D eigenvalue weighted by Gasteiger charge is 2.21. The first kappa shape index (κ1) is 32.3. The smallest absolute Gasteiger partial charge is 0.317 e. The number of likely N-dealkylation sites (N-methyl/N-ethyl adjacent to an activating group) is 1. The first-order valence-electron chi connectivity index (χ1n) is 12.2. The summed E-state index contributed by atoms with van der Waals surface area (Å²) < 4.78 is 0. The fourth-order valence-corrected chi connectivity index (χ4v) is 3.74. The number of nitrogens with zero attached hydrogens (tertiary/aromatic N) is 3. The first-order valence-corrected chi connectivity index (χ1v) is 12.2. The molecule has 0 saturated carbocycles. The van der Waals surface area contributed by atoms with Crippen molar-refractivity contribution >= 4 is 17.9 Å². The molecule has 0 spiro atoms. The maximum absolute atomic E-state index is 11.5. The van der Waals surface area contributed by atoms with Gasteiger partial charge in [0.2, 0.25) is 0 Å². The van der Waals surface area contributed by atoms with Crippen LogP contribution in [0.1, 0.15) is 40.0 Å². The minimum atomic E-state index is -0.974. The van der Waals surface area contributed by atoms with Gasteiger partial charge in [-0.2, -0.15) is 0 Å². The molecule has 0 radical (unpaired) electrons. The summed E-state index contributed by atoms with van der Waals surface area (Å²) in [6, 6.07) is -0.00854. The zero-order valence-electron chi connectivity index (χ0n) is 21.7. The fourth-order valence-electron chi connectivity index (χ4n) is 3.74. The topological polar surface area (TPSA) is 134 Å². The summed E-state index contributed by atoms with van der Waals surface area (Å²) in [6.45, 7) is 7.69. The number of hydrogen-bond donors (Lipinski definition) is 4. The number of hydrogen-bond acceptors (Lipinski definition) is 7. The first-order chi connectivity index (χ1) is 16.7. The van der Waals surface area contributed by atoms with Gasteiger partial charge in [0.25, 0.3) is 0 Å². The van der Waals surface area contributed by atoms with Crippen LogP contribution in [-0.4, -0.2) is 113 Å². The van der Waals surface area contributed by atoms with Gasteiger partial charge in [-0.3, -0.25) is 29.1 Å². The SMILES string of the molecule is C\C=C/C(=C\C=C\CC(CC)N(CCN(CCN(CCC)CC(=O)O)CC(=O)O)CC(=O)O)NC. The van der Waals surface area contributed by atoms with E-state index in [1.165, 1.54) is 0 Å². The van der Waals surface area contributed by atoms with Gasteiger partial charge in [0.15, 0.2) is 0 Å². The van der Waals surface area contributed by atoms with Crippen LogP contribution >= 0.6 is 0 Å². The minimum Gasteiger partial charge on any atom is -0.480 e. The lowest BCUT2D eigenvalue weighted by atomic mass is 10.1. The van der Waals surface area contributed by atoms with E-state index in [4.69, 9.17) is 5.11 Å². The van der Waals surface area contributed by atoms with E-state index < -0.39 is 17.9 Å². The van der Waals surface area contributed by atoms with Crippen LogP contribution in [0, 0.1) is 0 Å². The molecule has 1 atom stereocenters. The molecule has 0 saturated heterocycles. The number of nitrogens with one attached hydrogen (secondary N) is 1. The summed E-state index contributed by atoms with van der Waals surface area (Å²) in [6.07, 6.45) is 12.0. The summed E-state index contributed by atoms with van der Waals surface area (Å²) >= 11 is 0. The van der Waals surface area contributed by atoms with E-state index in [1.54, 1.807) is 9.80 Å². The van der Waals surface area contributed by atoms with Crippen molar-refractivity contribution in [2.75, 3.05) is 59.4 Å². The fraction of sp³-hybridized carbons (Fsp3) is 0.640. The van der Waals surface area contributed by atoms with Gasteiger partial charge < -0.3 is 20.6 Å². The Morgan fingerprint density at radius 1 is 0.857 bits per heavy atom. The summed E-state index contributed by atoms with van der Waals surface area (Å²) in [7, 11) is 1.84. The van der Waals surface area contributed by atoms with E-state index in [9.17, 15) is 24.6 Å². The minimum absolute atomic E-state index is 0.00854. The summed E-state index contributed by atoms with van der Waals surface area (Å²) in [5, 5.41) is 31.0. The van der Waals surface area contributed by atoms with Crippen molar-refractivity contribution in [2.45, 2.75) is 46.1 Å². The van der Waals surface area contributed by atoms with Gasteiger partial charge in [-0.25, -0.2) is 0 Å². The molecule has 0 fully saturated rings. The van der Waals surface area contributed by atoms with Crippen molar-refractivity contribution in [3.8, 4) is 0 Å². The van der Waals surface area contributed by atoms with Crippen LogP contribution in [0.4, 0.5) is 0 Å². The van der Waals surface area contributed by atoms with E-state index >= 15 is 0 Å². The van der Waals surface area contributed by atoms with Gasteiger partial charge in [-0.05, 0) is 44.9 Å². The van der Waals surface area contributed by atoms with E-state index in [1.807, 2.05) is 63.1 Å². The molecule has 0 rings (SSSR count). The van der Waals surface area contributed by atoms with Crippen LogP contribution in [0.5, 0.6) is 0 Å². The molecule has 4 N–H and O–H groups in total. The monoisotopic (exact) mass is 496 g/mol. The van der Waals surface area contributed by atoms with Crippen LogP contribution < -0.4 is 5.32 Å². The van der Waals surface area contributed by atoms with Crippen LogP contribution in [-0.2, 0) is 14.4 Å². The standard InChI is InChI=1S/C25H44N4O6/c1-5-10-21(26-4)11-8-9-12-22(7-3)29(20-25(34)35)17-16-28(19-24(32)33)15-14-27(13-6-2)18-23(30)31/h5,8-11,22,26H,6-7,12-20H2,1-4H3,(H,30,31)(H,32,33)(H,34,35)/b9-8+,10-5-,21-11+. The molecule has 10 nitrogen and oxygen atoms in total. The normalized spacial score (nSPS) is 13.4. The van der Waals surface area contributed by atoms with Crippen LogP contribution in [0.15, 0.2) is 36.1 Å². The van der Waals surface area contributed by atoms with Crippen molar-refractivity contribution in [2.24, 2.45) is 0 Å². The molecule has 0 bridgehead atoms. The van der Waals surface area contributed by atoms with Crippen LogP contribution in [0.2, 0.25) is 0 Å². The molecular weight excluding hydrogens is 452 g/mol. The average molecular weight is 497 g/mol. The quantitative estimate of drug-likeness (QED) is 0.175. The number of rotatable bonds is 21. The van der Waals surface area contributed by atoms with Gasteiger partial charge >= 0.3 is 17.9 Å². The Kier molecular flexibility index (Phi) is 18.1. The van der Waals surface area contributed by atoms with Gasteiger partial charge in [0, 0.05) is 45.0 Å². The molecule has 1 unspecified atom stereocenters. The summed E-state index contributed by atoms with van der Waals surface area (Å²) in [4.78, 5) is 39.4. The Morgan fingerprint density at radius 2 is 1.40 bits per heavy atom. The molecule has 0 aliphatic heterocycles. The van der Waals surface area contributed by atoms with Crippen molar-refractivity contribution in [1.29, 1.82) is 0 Å². The lowest BCUT2D eigenvalue weighted by Gasteiger charge is -2.32. The lowest BCUT2D eigenvalue weighted by molar-refractivity contribution is -0.140. The molecule has 0 heterocycles. The van der Waals surface area contributed by atoms with Crippen molar-refractivity contribution < 1.29 is 29.7 Å². The molecule has 0 aliphatic carbocycles. The van der Waals surface area contributed by atoms with Crippen LogP contribution in [0.25, 0.3) is 0 Å². The van der Waals surface area contributed by atoms with E-state index in [2.05, 4.69) is 5.32 Å².